The average Bonchev–Trinajstić information content (AvgIpc) is 2.63. The zero-order chi connectivity index (χ0) is 19.9. The van der Waals surface area contributed by atoms with Gasteiger partial charge in [-0.3, -0.25) is 4.79 Å². The highest BCUT2D eigenvalue weighted by Crippen LogP contribution is 2.31. The van der Waals surface area contributed by atoms with Crippen molar-refractivity contribution < 1.29 is 22.7 Å². The van der Waals surface area contributed by atoms with Gasteiger partial charge in [-0.2, -0.15) is 18.3 Å². The number of alkyl halides is 3. The first-order valence-electron chi connectivity index (χ1n) is 8.25. The lowest BCUT2D eigenvalue weighted by Gasteiger charge is -2.11. The molecule has 0 aliphatic carbocycles. The number of amides is 1. The van der Waals surface area contributed by atoms with Crippen LogP contribution in [0.5, 0.6) is 5.75 Å². The summed E-state index contributed by atoms with van der Waals surface area (Å²) >= 11 is 5.96. The van der Waals surface area contributed by atoms with Gasteiger partial charge in [0.25, 0.3) is 5.91 Å². The lowest BCUT2D eigenvalue weighted by Crippen LogP contribution is -2.22. The fourth-order valence-electron chi connectivity index (χ4n) is 2.23. The highest BCUT2D eigenvalue weighted by atomic mass is 35.5. The molecule has 0 bridgehead atoms. The molecule has 0 atom stereocenters. The van der Waals surface area contributed by atoms with Gasteiger partial charge in [-0.25, -0.2) is 5.43 Å². The Morgan fingerprint density at radius 1 is 1.26 bits per heavy atom. The van der Waals surface area contributed by atoms with E-state index in [1.54, 1.807) is 18.2 Å². The molecular weight excluding hydrogens is 381 g/mol. The summed E-state index contributed by atoms with van der Waals surface area (Å²) in [5, 5.41) is 4.18. The van der Waals surface area contributed by atoms with Crippen molar-refractivity contribution in [3.05, 3.63) is 64.2 Å². The smallest absolute Gasteiger partial charge is 0.417 e. The molecule has 0 aliphatic rings. The molecule has 2 aromatic carbocycles. The number of carbonyl (C=O) groups excluding carboxylic acids is 1. The number of rotatable bonds is 7. The van der Waals surface area contributed by atoms with Crippen molar-refractivity contribution in [3.8, 4) is 5.75 Å². The number of ether oxygens (including phenoxy) is 1. The van der Waals surface area contributed by atoms with Gasteiger partial charge in [0, 0.05) is 10.6 Å². The molecule has 27 heavy (non-hydrogen) atoms. The summed E-state index contributed by atoms with van der Waals surface area (Å²) in [6, 6.07) is 9.40. The van der Waals surface area contributed by atoms with Crippen LogP contribution in [0.3, 0.4) is 0 Å². The molecule has 0 heterocycles. The molecule has 4 nitrogen and oxygen atoms in total. The molecule has 0 spiro atoms. The summed E-state index contributed by atoms with van der Waals surface area (Å²) in [6.07, 6.45) is -1.53. The molecule has 0 unspecified atom stereocenters. The highest BCUT2D eigenvalue weighted by Gasteiger charge is 2.34. The zero-order valence-corrected chi connectivity index (χ0v) is 15.3. The van der Waals surface area contributed by atoms with Crippen LogP contribution < -0.4 is 10.2 Å². The Labute approximate surface area is 160 Å². The maximum atomic E-state index is 13.0. The summed E-state index contributed by atoms with van der Waals surface area (Å²) in [7, 11) is 0. The predicted octanol–water partition coefficient (Wildman–Crippen LogP) is 5.30. The molecular formula is C19H18ClF3N2O2. The van der Waals surface area contributed by atoms with Gasteiger partial charge in [-0.05, 0) is 36.8 Å². The van der Waals surface area contributed by atoms with Crippen LogP contribution in [0, 0.1) is 0 Å². The van der Waals surface area contributed by atoms with Gasteiger partial charge in [-0.1, -0.05) is 37.1 Å². The van der Waals surface area contributed by atoms with Crippen LogP contribution in [0.4, 0.5) is 13.2 Å². The number of hydrogen-bond donors (Lipinski definition) is 1. The third-order valence-electron chi connectivity index (χ3n) is 3.57. The molecule has 0 aromatic heterocycles. The first-order chi connectivity index (χ1) is 12.8. The topological polar surface area (TPSA) is 50.7 Å². The second kappa shape index (κ2) is 9.41. The van der Waals surface area contributed by atoms with E-state index in [-0.39, 0.29) is 0 Å². The summed E-state index contributed by atoms with van der Waals surface area (Å²) in [6.45, 7) is 2.53. The fourth-order valence-corrected chi connectivity index (χ4v) is 2.41. The minimum Gasteiger partial charge on any atom is -0.493 e. The largest absolute Gasteiger partial charge is 0.493 e. The van der Waals surface area contributed by atoms with E-state index in [0.717, 1.165) is 25.0 Å². The fraction of sp³-hybridized carbons (Fsp3) is 0.263. The van der Waals surface area contributed by atoms with Crippen LogP contribution in [0.2, 0.25) is 5.02 Å². The van der Waals surface area contributed by atoms with Crippen molar-refractivity contribution in [2.45, 2.75) is 25.9 Å². The Hall–Kier alpha value is -2.54. The molecule has 0 aliphatic heterocycles. The zero-order valence-electron chi connectivity index (χ0n) is 14.5. The SMILES string of the molecule is CCCCOc1ccc(Cl)cc1/C=N/NC(=O)c1ccccc1C(F)(F)F. The normalized spacial score (nSPS) is 11.6. The maximum absolute atomic E-state index is 13.0. The molecule has 1 amide bonds. The Kier molecular flexibility index (Phi) is 7.24. The van der Waals surface area contributed by atoms with E-state index in [0.29, 0.717) is 22.9 Å². The van der Waals surface area contributed by atoms with Crippen LogP contribution in [-0.2, 0) is 6.18 Å². The van der Waals surface area contributed by atoms with Gasteiger partial charge in [0.05, 0.1) is 23.9 Å². The summed E-state index contributed by atoms with van der Waals surface area (Å²) in [5.74, 6) is -0.448. The minimum absolute atomic E-state index is 0.438. The quantitative estimate of drug-likeness (QED) is 0.391. The van der Waals surface area contributed by atoms with E-state index in [4.69, 9.17) is 16.3 Å². The van der Waals surface area contributed by atoms with Crippen molar-refractivity contribution in [1.82, 2.24) is 5.43 Å². The van der Waals surface area contributed by atoms with Gasteiger partial charge < -0.3 is 4.74 Å². The lowest BCUT2D eigenvalue weighted by molar-refractivity contribution is -0.137. The van der Waals surface area contributed by atoms with E-state index < -0.39 is 23.2 Å². The number of halogens is 4. The first kappa shape index (κ1) is 20.8. The molecule has 0 fully saturated rings. The number of nitrogens with zero attached hydrogens (tertiary/aromatic N) is 1. The van der Waals surface area contributed by atoms with Gasteiger partial charge >= 0.3 is 6.18 Å². The first-order valence-corrected chi connectivity index (χ1v) is 8.62. The third kappa shape index (κ3) is 5.99. The predicted molar refractivity (Wildman–Crippen MR) is 98.4 cm³/mol. The molecule has 2 aromatic rings. The van der Waals surface area contributed by atoms with Crippen LogP contribution in [0.1, 0.15) is 41.3 Å². The molecule has 2 rings (SSSR count). The maximum Gasteiger partial charge on any atom is 0.417 e. The minimum atomic E-state index is -4.63. The van der Waals surface area contributed by atoms with Crippen molar-refractivity contribution in [1.29, 1.82) is 0 Å². The highest BCUT2D eigenvalue weighted by molar-refractivity contribution is 6.30. The third-order valence-corrected chi connectivity index (χ3v) is 3.81. The average molecular weight is 399 g/mol. The summed E-state index contributed by atoms with van der Waals surface area (Å²) < 4.78 is 44.6. The van der Waals surface area contributed by atoms with Crippen molar-refractivity contribution in [3.63, 3.8) is 0 Å². The lowest BCUT2D eigenvalue weighted by atomic mass is 10.1. The number of hydrazone groups is 1. The van der Waals surface area contributed by atoms with Gasteiger partial charge in [0.1, 0.15) is 5.75 Å². The number of hydrogen-bond acceptors (Lipinski definition) is 3. The van der Waals surface area contributed by atoms with Crippen LogP contribution in [0.15, 0.2) is 47.6 Å². The van der Waals surface area contributed by atoms with E-state index in [1.807, 2.05) is 6.92 Å². The summed E-state index contributed by atoms with van der Waals surface area (Å²) in [4.78, 5) is 12.1. The van der Waals surface area contributed by atoms with Crippen molar-refractivity contribution in [2.75, 3.05) is 6.61 Å². The Balaban J connectivity index is 2.14. The second-order valence-electron chi connectivity index (χ2n) is 5.63. The molecule has 0 radical (unpaired) electrons. The van der Waals surface area contributed by atoms with E-state index >= 15 is 0 Å². The number of carbonyl (C=O) groups is 1. The molecule has 8 heteroatoms. The Morgan fingerprint density at radius 3 is 2.70 bits per heavy atom. The molecule has 0 saturated heterocycles. The van der Waals surface area contributed by atoms with Gasteiger partial charge in [-0.15, -0.1) is 0 Å². The number of unbranched alkanes of at least 4 members (excludes halogenated alkanes) is 1. The van der Waals surface area contributed by atoms with E-state index in [9.17, 15) is 18.0 Å². The monoisotopic (exact) mass is 398 g/mol. The Bertz CT molecular complexity index is 823. The standard InChI is InChI=1S/C19H18ClF3N2O2/c1-2-3-10-27-17-9-8-14(20)11-13(17)12-24-25-18(26)15-6-4-5-7-16(15)19(21,22)23/h4-9,11-12H,2-3,10H2,1H3,(H,25,26)/b24-12+. The van der Waals surface area contributed by atoms with Gasteiger partial charge in [0.2, 0.25) is 0 Å². The van der Waals surface area contributed by atoms with Crippen molar-refractivity contribution in [2.24, 2.45) is 5.10 Å². The molecule has 1 N–H and O–H groups in total. The van der Waals surface area contributed by atoms with E-state index in [2.05, 4.69) is 10.5 Å². The van der Waals surface area contributed by atoms with Crippen LogP contribution in [0.25, 0.3) is 0 Å². The summed E-state index contributed by atoms with van der Waals surface area (Å²) in [5.41, 5.74) is 1.08. The van der Waals surface area contributed by atoms with Crippen LogP contribution >= 0.6 is 11.6 Å². The van der Waals surface area contributed by atoms with Gasteiger partial charge in [0.15, 0.2) is 0 Å². The second-order valence-corrected chi connectivity index (χ2v) is 6.06. The van der Waals surface area contributed by atoms with Crippen molar-refractivity contribution >= 4 is 23.7 Å². The number of benzene rings is 2. The molecule has 144 valence electrons. The Morgan fingerprint density at radius 2 is 2.00 bits per heavy atom. The van der Waals surface area contributed by atoms with Crippen LogP contribution in [-0.4, -0.2) is 18.7 Å². The molecule has 0 saturated carbocycles. The number of nitrogens with one attached hydrogen (secondary N) is 1. The van der Waals surface area contributed by atoms with E-state index in [1.165, 1.54) is 18.3 Å².